The van der Waals surface area contributed by atoms with Crippen LogP contribution in [0.1, 0.15) is 19.8 Å². The van der Waals surface area contributed by atoms with Crippen molar-refractivity contribution < 1.29 is 0 Å². The van der Waals surface area contributed by atoms with Crippen molar-refractivity contribution in [3.05, 3.63) is 29.3 Å². The van der Waals surface area contributed by atoms with Gasteiger partial charge >= 0.3 is 0 Å². The smallest absolute Gasteiger partial charge is 0.0426 e. The summed E-state index contributed by atoms with van der Waals surface area (Å²) in [6.07, 6.45) is 2.70. The molecule has 0 saturated heterocycles. The minimum absolute atomic E-state index is 0.544. The Morgan fingerprint density at radius 3 is 2.85 bits per heavy atom. The topological polar surface area (TPSA) is 12.0 Å². The predicted molar refractivity (Wildman–Crippen MR) is 57.3 cm³/mol. The Morgan fingerprint density at radius 1 is 1.46 bits per heavy atom. The molecule has 0 aliphatic heterocycles. The fraction of sp³-hybridized carbons (Fsp3) is 0.455. The van der Waals surface area contributed by atoms with Crippen molar-refractivity contribution in [3.8, 4) is 0 Å². The molecule has 0 heterocycles. The molecule has 1 aromatic rings. The van der Waals surface area contributed by atoms with Crippen LogP contribution >= 0.6 is 11.6 Å². The van der Waals surface area contributed by atoms with Crippen LogP contribution in [0, 0.1) is 5.41 Å². The van der Waals surface area contributed by atoms with Gasteiger partial charge in [0, 0.05) is 17.3 Å². The summed E-state index contributed by atoms with van der Waals surface area (Å²) >= 11 is 5.87. The average molecular weight is 196 g/mol. The average Bonchev–Trinajstić information content (AvgIpc) is 2.82. The lowest BCUT2D eigenvalue weighted by molar-refractivity contribution is 0.611. The van der Waals surface area contributed by atoms with Crippen molar-refractivity contribution in [2.24, 2.45) is 5.41 Å². The third-order valence-corrected chi connectivity index (χ3v) is 2.88. The van der Waals surface area contributed by atoms with Gasteiger partial charge in [-0.25, -0.2) is 0 Å². The Labute approximate surface area is 84.1 Å². The van der Waals surface area contributed by atoms with Crippen LogP contribution in [0.15, 0.2) is 24.3 Å². The van der Waals surface area contributed by atoms with E-state index < -0.39 is 0 Å². The van der Waals surface area contributed by atoms with E-state index in [0.29, 0.717) is 5.41 Å². The molecule has 0 radical (unpaired) electrons. The standard InChI is InChI=1S/C11H14ClN/c1-11(5-6-11)8-13-10-4-2-3-9(12)7-10/h2-4,7,13H,5-6,8H2,1H3. The van der Waals surface area contributed by atoms with E-state index in [1.54, 1.807) is 0 Å². The number of hydrogen-bond donors (Lipinski definition) is 1. The van der Waals surface area contributed by atoms with Crippen LogP contribution in [0.2, 0.25) is 5.02 Å². The summed E-state index contributed by atoms with van der Waals surface area (Å²) in [5.41, 5.74) is 1.67. The molecular weight excluding hydrogens is 182 g/mol. The largest absolute Gasteiger partial charge is 0.384 e. The van der Waals surface area contributed by atoms with Crippen LogP contribution in [-0.2, 0) is 0 Å². The van der Waals surface area contributed by atoms with Gasteiger partial charge in [-0.1, -0.05) is 24.6 Å². The quantitative estimate of drug-likeness (QED) is 0.778. The minimum Gasteiger partial charge on any atom is -0.384 e. The van der Waals surface area contributed by atoms with Crippen molar-refractivity contribution in [1.82, 2.24) is 0 Å². The molecule has 1 aromatic carbocycles. The van der Waals surface area contributed by atoms with Gasteiger partial charge in [-0.15, -0.1) is 0 Å². The van der Waals surface area contributed by atoms with Gasteiger partial charge < -0.3 is 5.32 Å². The normalized spacial score (nSPS) is 18.3. The van der Waals surface area contributed by atoms with Crippen LogP contribution in [0.3, 0.4) is 0 Å². The Kier molecular flexibility index (Phi) is 2.20. The summed E-state index contributed by atoms with van der Waals surface area (Å²) in [6, 6.07) is 7.89. The molecule has 0 bridgehead atoms. The maximum Gasteiger partial charge on any atom is 0.0426 e. The van der Waals surface area contributed by atoms with E-state index >= 15 is 0 Å². The first-order chi connectivity index (χ1) is 6.18. The van der Waals surface area contributed by atoms with Crippen LogP contribution in [0.25, 0.3) is 0 Å². The molecule has 1 fully saturated rings. The van der Waals surface area contributed by atoms with Crippen molar-refractivity contribution in [2.75, 3.05) is 11.9 Å². The van der Waals surface area contributed by atoms with Gasteiger partial charge in [0.1, 0.15) is 0 Å². The molecule has 1 aliphatic carbocycles. The second-order valence-corrected chi connectivity index (χ2v) is 4.61. The molecule has 0 spiro atoms. The molecule has 1 aliphatic rings. The van der Waals surface area contributed by atoms with E-state index in [1.165, 1.54) is 12.8 Å². The fourth-order valence-electron chi connectivity index (χ4n) is 1.30. The molecule has 1 nitrogen and oxygen atoms in total. The van der Waals surface area contributed by atoms with Crippen molar-refractivity contribution >= 4 is 17.3 Å². The van der Waals surface area contributed by atoms with Crippen molar-refractivity contribution in [2.45, 2.75) is 19.8 Å². The Hall–Kier alpha value is -0.690. The zero-order chi connectivity index (χ0) is 9.31. The molecule has 0 amide bonds. The van der Waals surface area contributed by atoms with E-state index in [-0.39, 0.29) is 0 Å². The van der Waals surface area contributed by atoms with Gasteiger partial charge in [-0.05, 0) is 36.5 Å². The molecule has 13 heavy (non-hydrogen) atoms. The molecule has 0 atom stereocenters. The van der Waals surface area contributed by atoms with E-state index in [0.717, 1.165) is 17.3 Å². The SMILES string of the molecule is CC1(CNc2cccc(Cl)c2)CC1. The molecule has 2 rings (SSSR count). The summed E-state index contributed by atoms with van der Waals surface area (Å²) in [5.74, 6) is 0. The van der Waals surface area contributed by atoms with E-state index in [2.05, 4.69) is 18.3 Å². The van der Waals surface area contributed by atoms with Crippen LogP contribution in [0.4, 0.5) is 5.69 Å². The molecule has 0 unspecified atom stereocenters. The van der Waals surface area contributed by atoms with E-state index in [1.807, 2.05) is 18.2 Å². The van der Waals surface area contributed by atoms with Gasteiger partial charge in [0.25, 0.3) is 0 Å². The monoisotopic (exact) mass is 195 g/mol. The highest BCUT2D eigenvalue weighted by Crippen LogP contribution is 2.44. The zero-order valence-corrected chi connectivity index (χ0v) is 8.56. The molecule has 70 valence electrons. The lowest BCUT2D eigenvalue weighted by Crippen LogP contribution is -2.11. The first-order valence-corrected chi connectivity index (χ1v) is 5.05. The number of rotatable bonds is 3. The van der Waals surface area contributed by atoms with Crippen LogP contribution in [0.5, 0.6) is 0 Å². The van der Waals surface area contributed by atoms with Gasteiger partial charge in [0.2, 0.25) is 0 Å². The van der Waals surface area contributed by atoms with Crippen LogP contribution < -0.4 is 5.32 Å². The third-order valence-electron chi connectivity index (χ3n) is 2.65. The van der Waals surface area contributed by atoms with Gasteiger partial charge in [-0.3, -0.25) is 0 Å². The molecule has 1 saturated carbocycles. The van der Waals surface area contributed by atoms with Crippen molar-refractivity contribution in [3.63, 3.8) is 0 Å². The zero-order valence-electron chi connectivity index (χ0n) is 7.81. The van der Waals surface area contributed by atoms with Gasteiger partial charge in [0.05, 0.1) is 0 Å². The van der Waals surface area contributed by atoms with Crippen LogP contribution in [-0.4, -0.2) is 6.54 Å². The maximum absolute atomic E-state index is 5.87. The van der Waals surface area contributed by atoms with Gasteiger partial charge in [0.15, 0.2) is 0 Å². The highest BCUT2D eigenvalue weighted by atomic mass is 35.5. The molecular formula is C11H14ClN. The number of anilines is 1. The number of nitrogens with one attached hydrogen (secondary N) is 1. The lowest BCUT2D eigenvalue weighted by Gasteiger charge is -2.11. The Balaban J connectivity index is 1.94. The first kappa shape index (κ1) is 8.89. The summed E-state index contributed by atoms with van der Waals surface area (Å²) in [6.45, 7) is 3.37. The molecule has 0 aromatic heterocycles. The second kappa shape index (κ2) is 3.22. The van der Waals surface area contributed by atoms with Gasteiger partial charge in [-0.2, -0.15) is 0 Å². The van der Waals surface area contributed by atoms with Crippen molar-refractivity contribution in [1.29, 1.82) is 0 Å². The Morgan fingerprint density at radius 2 is 2.23 bits per heavy atom. The third kappa shape index (κ3) is 2.38. The second-order valence-electron chi connectivity index (χ2n) is 4.17. The van der Waals surface area contributed by atoms with E-state index in [4.69, 9.17) is 11.6 Å². The highest BCUT2D eigenvalue weighted by Gasteiger charge is 2.36. The molecule has 2 heteroatoms. The predicted octanol–water partition coefficient (Wildman–Crippen LogP) is 3.55. The number of benzene rings is 1. The number of halogens is 1. The lowest BCUT2D eigenvalue weighted by atomic mass is 10.1. The summed E-state index contributed by atoms with van der Waals surface area (Å²) in [4.78, 5) is 0. The number of hydrogen-bond acceptors (Lipinski definition) is 1. The first-order valence-electron chi connectivity index (χ1n) is 4.67. The fourth-order valence-corrected chi connectivity index (χ4v) is 1.49. The highest BCUT2D eigenvalue weighted by molar-refractivity contribution is 6.30. The van der Waals surface area contributed by atoms with E-state index in [9.17, 15) is 0 Å². The minimum atomic E-state index is 0.544. The maximum atomic E-state index is 5.87. The summed E-state index contributed by atoms with van der Waals surface area (Å²) < 4.78 is 0. The molecule has 1 N–H and O–H groups in total. The Bertz CT molecular complexity index is 305. The summed E-state index contributed by atoms with van der Waals surface area (Å²) in [5, 5.41) is 4.20. The summed E-state index contributed by atoms with van der Waals surface area (Å²) in [7, 11) is 0.